The van der Waals surface area contributed by atoms with E-state index in [2.05, 4.69) is 10.4 Å². The van der Waals surface area contributed by atoms with Crippen LogP contribution in [0.15, 0.2) is 30.5 Å². The summed E-state index contributed by atoms with van der Waals surface area (Å²) in [5, 5.41) is 6.94. The Morgan fingerprint density at radius 3 is 2.62 bits per heavy atom. The zero-order valence-electron chi connectivity index (χ0n) is 11.8. The Morgan fingerprint density at radius 1 is 1.19 bits per heavy atom. The average molecular weight is 295 g/mol. The van der Waals surface area contributed by atoms with Crippen LogP contribution >= 0.6 is 0 Å². The number of hydrogen-bond acceptors (Lipinski definition) is 2. The Bertz CT molecular complexity index is 660. The molecule has 0 fully saturated rings. The molecular formula is C15H16F3N3. The Kier molecular flexibility index (Phi) is 3.19. The molecule has 1 N–H and O–H groups in total. The standard InChI is InChI=1S/C15H16F3N3/c1-9-3-4-11(7-10(9)2)12-8-13(15(16,17)18)21-14(20-12)5-6-19-21/h3-7,12-13,20H,8H2,1-2H3. The van der Waals surface area contributed by atoms with Crippen molar-refractivity contribution < 1.29 is 13.2 Å². The maximum Gasteiger partial charge on any atom is 0.410 e. The summed E-state index contributed by atoms with van der Waals surface area (Å²) in [6.07, 6.45) is -2.97. The molecule has 1 aromatic heterocycles. The van der Waals surface area contributed by atoms with Crippen molar-refractivity contribution in [3.8, 4) is 0 Å². The van der Waals surface area contributed by atoms with Gasteiger partial charge in [-0.05, 0) is 30.5 Å². The van der Waals surface area contributed by atoms with Gasteiger partial charge in [-0.2, -0.15) is 18.3 Å². The Morgan fingerprint density at radius 2 is 1.95 bits per heavy atom. The highest BCUT2D eigenvalue weighted by Gasteiger charge is 2.46. The fourth-order valence-electron chi connectivity index (χ4n) is 2.71. The topological polar surface area (TPSA) is 29.9 Å². The van der Waals surface area contributed by atoms with Crippen LogP contribution in [0, 0.1) is 13.8 Å². The van der Waals surface area contributed by atoms with Gasteiger partial charge in [0, 0.05) is 12.5 Å². The largest absolute Gasteiger partial charge is 0.410 e. The van der Waals surface area contributed by atoms with E-state index in [1.54, 1.807) is 6.07 Å². The fourth-order valence-corrected chi connectivity index (χ4v) is 2.71. The number of halogens is 3. The van der Waals surface area contributed by atoms with Crippen LogP contribution in [0.1, 0.15) is 35.2 Å². The van der Waals surface area contributed by atoms with Crippen LogP contribution in [0.3, 0.4) is 0 Å². The van der Waals surface area contributed by atoms with Gasteiger partial charge in [0.2, 0.25) is 0 Å². The second-order valence-corrected chi connectivity index (χ2v) is 5.49. The normalized spacial score (nSPS) is 21.8. The van der Waals surface area contributed by atoms with Crippen LogP contribution in [-0.2, 0) is 0 Å². The van der Waals surface area contributed by atoms with Gasteiger partial charge in [-0.25, -0.2) is 4.68 Å². The van der Waals surface area contributed by atoms with Crippen molar-refractivity contribution in [2.75, 3.05) is 5.32 Å². The number of fused-ring (bicyclic) bond motifs is 1. The molecule has 2 heterocycles. The number of anilines is 1. The molecule has 3 rings (SSSR count). The molecule has 6 heteroatoms. The summed E-state index contributed by atoms with van der Waals surface area (Å²) >= 11 is 0. The number of rotatable bonds is 1. The van der Waals surface area contributed by atoms with Gasteiger partial charge in [0.05, 0.1) is 12.2 Å². The van der Waals surface area contributed by atoms with E-state index in [0.29, 0.717) is 5.82 Å². The average Bonchev–Trinajstić information content (AvgIpc) is 2.87. The van der Waals surface area contributed by atoms with Crippen LogP contribution in [0.2, 0.25) is 0 Å². The minimum atomic E-state index is -4.30. The van der Waals surface area contributed by atoms with E-state index >= 15 is 0 Å². The van der Waals surface area contributed by atoms with Gasteiger partial charge in [0.1, 0.15) is 5.82 Å². The lowest BCUT2D eigenvalue weighted by Crippen LogP contribution is -2.35. The first-order valence-electron chi connectivity index (χ1n) is 6.80. The van der Waals surface area contributed by atoms with Crippen LogP contribution < -0.4 is 5.32 Å². The summed E-state index contributed by atoms with van der Waals surface area (Å²) in [5.74, 6) is 0.409. The van der Waals surface area contributed by atoms with E-state index in [1.165, 1.54) is 6.20 Å². The zero-order chi connectivity index (χ0) is 15.2. The van der Waals surface area contributed by atoms with Gasteiger partial charge >= 0.3 is 6.18 Å². The van der Waals surface area contributed by atoms with E-state index in [0.717, 1.165) is 21.4 Å². The van der Waals surface area contributed by atoms with E-state index in [-0.39, 0.29) is 12.5 Å². The number of hydrogen-bond donors (Lipinski definition) is 1. The molecule has 1 aliphatic heterocycles. The van der Waals surface area contributed by atoms with Crippen molar-refractivity contribution in [3.63, 3.8) is 0 Å². The highest BCUT2D eigenvalue weighted by molar-refractivity contribution is 5.43. The van der Waals surface area contributed by atoms with Gasteiger partial charge in [0.15, 0.2) is 6.04 Å². The van der Waals surface area contributed by atoms with Crippen molar-refractivity contribution in [3.05, 3.63) is 47.2 Å². The molecule has 0 aliphatic carbocycles. The van der Waals surface area contributed by atoms with E-state index in [1.807, 2.05) is 32.0 Å². The zero-order valence-corrected chi connectivity index (χ0v) is 11.8. The maximum atomic E-state index is 13.2. The molecule has 0 bridgehead atoms. The van der Waals surface area contributed by atoms with Crippen LogP contribution in [0.4, 0.5) is 19.0 Å². The second-order valence-electron chi connectivity index (χ2n) is 5.49. The first kappa shape index (κ1) is 14.0. The number of nitrogens with one attached hydrogen (secondary N) is 1. The van der Waals surface area contributed by atoms with Crippen LogP contribution in [0.5, 0.6) is 0 Å². The molecule has 1 aliphatic rings. The van der Waals surface area contributed by atoms with Crippen molar-refractivity contribution >= 4 is 5.82 Å². The Balaban J connectivity index is 1.98. The number of benzene rings is 1. The second kappa shape index (κ2) is 4.79. The van der Waals surface area contributed by atoms with E-state index in [9.17, 15) is 13.2 Å². The van der Waals surface area contributed by atoms with Crippen molar-refractivity contribution in [1.29, 1.82) is 0 Å². The van der Waals surface area contributed by atoms with Gasteiger partial charge < -0.3 is 5.32 Å². The number of nitrogens with zero attached hydrogens (tertiary/aromatic N) is 2. The highest BCUT2D eigenvalue weighted by atomic mass is 19.4. The predicted molar refractivity (Wildman–Crippen MR) is 74.2 cm³/mol. The summed E-state index contributed by atoms with van der Waals surface area (Å²) in [5.41, 5.74) is 3.09. The molecule has 0 saturated heterocycles. The molecule has 0 amide bonds. The van der Waals surface area contributed by atoms with Crippen molar-refractivity contribution in [2.45, 2.75) is 38.5 Å². The third-order valence-electron chi connectivity index (χ3n) is 4.06. The van der Waals surface area contributed by atoms with E-state index in [4.69, 9.17) is 0 Å². The molecule has 1 aromatic carbocycles. The molecule has 0 radical (unpaired) electrons. The first-order chi connectivity index (χ1) is 9.86. The number of aryl methyl sites for hydroxylation is 2. The minimum absolute atomic E-state index is 0.0549. The molecule has 21 heavy (non-hydrogen) atoms. The van der Waals surface area contributed by atoms with Gasteiger partial charge in [-0.15, -0.1) is 0 Å². The monoisotopic (exact) mass is 295 g/mol. The maximum absolute atomic E-state index is 13.2. The van der Waals surface area contributed by atoms with Crippen LogP contribution in [-0.4, -0.2) is 16.0 Å². The SMILES string of the molecule is Cc1ccc(C2CC(C(F)(F)F)n3nccc3N2)cc1C. The predicted octanol–water partition coefficient (Wildman–Crippen LogP) is 4.16. The molecule has 2 atom stereocenters. The molecule has 3 nitrogen and oxygen atoms in total. The lowest BCUT2D eigenvalue weighted by Gasteiger charge is -2.33. The first-order valence-corrected chi connectivity index (χ1v) is 6.80. The summed E-state index contributed by atoms with van der Waals surface area (Å²) in [6, 6.07) is 5.41. The third kappa shape index (κ3) is 2.50. The lowest BCUT2D eigenvalue weighted by atomic mass is 9.94. The minimum Gasteiger partial charge on any atom is -0.363 e. The van der Waals surface area contributed by atoms with E-state index < -0.39 is 12.2 Å². The van der Waals surface area contributed by atoms with Gasteiger partial charge in [-0.3, -0.25) is 0 Å². The summed E-state index contributed by atoms with van der Waals surface area (Å²) in [4.78, 5) is 0. The van der Waals surface area contributed by atoms with Crippen molar-refractivity contribution in [1.82, 2.24) is 9.78 Å². The third-order valence-corrected chi connectivity index (χ3v) is 4.06. The molecular weight excluding hydrogens is 279 g/mol. The number of aromatic nitrogens is 2. The van der Waals surface area contributed by atoms with Gasteiger partial charge in [0.25, 0.3) is 0 Å². The molecule has 0 saturated carbocycles. The molecule has 2 aromatic rings. The lowest BCUT2D eigenvalue weighted by molar-refractivity contribution is -0.173. The summed E-state index contributed by atoms with van der Waals surface area (Å²) < 4.78 is 40.7. The quantitative estimate of drug-likeness (QED) is 0.856. The Labute approximate surface area is 120 Å². The summed E-state index contributed by atoms with van der Waals surface area (Å²) in [7, 11) is 0. The Hall–Kier alpha value is -1.98. The fraction of sp³-hybridized carbons (Fsp3) is 0.400. The molecule has 0 spiro atoms. The summed E-state index contributed by atoms with van der Waals surface area (Å²) in [6.45, 7) is 3.95. The highest BCUT2D eigenvalue weighted by Crippen LogP contribution is 2.43. The van der Waals surface area contributed by atoms with Crippen molar-refractivity contribution in [2.24, 2.45) is 0 Å². The van der Waals surface area contributed by atoms with Gasteiger partial charge in [-0.1, -0.05) is 18.2 Å². The smallest absolute Gasteiger partial charge is 0.363 e. The van der Waals surface area contributed by atoms with Crippen LogP contribution in [0.25, 0.3) is 0 Å². The number of alkyl halides is 3. The molecule has 2 unspecified atom stereocenters. The molecule has 112 valence electrons.